The Morgan fingerprint density at radius 3 is 2.57 bits per heavy atom. The lowest BCUT2D eigenvalue weighted by molar-refractivity contribution is 0.393. The molecule has 0 aliphatic rings. The van der Waals surface area contributed by atoms with Gasteiger partial charge in [-0.05, 0) is 26.0 Å². The standard InChI is InChI=1S/C10H9ClN2O/c1-6-10(7(2)14-13-6)8-3-4-9(11)12-5-8/h3-5H,1-2H3. The molecule has 2 rings (SSSR count). The monoisotopic (exact) mass is 208 g/mol. The van der Waals surface area contributed by atoms with Gasteiger partial charge in [0, 0.05) is 17.3 Å². The molecule has 0 N–H and O–H groups in total. The van der Waals surface area contributed by atoms with Gasteiger partial charge in [0.2, 0.25) is 0 Å². The Balaban J connectivity index is 2.54. The summed E-state index contributed by atoms with van der Waals surface area (Å²) in [7, 11) is 0. The minimum atomic E-state index is 0.487. The van der Waals surface area contributed by atoms with Crippen LogP contribution in [0.15, 0.2) is 22.9 Å². The van der Waals surface area contributed by atoms with E-state index in [-0.39, 0.29) is 0 Å². The SMILES string of the molecule is Cc1noc(C)c1-c1ccc(Cl)nc1. The van der Waals surface area contributed by atoms with Gasteiger partial charge in [-0.1, -0.05) is 16.8 Å². The number of pyridine rings is 1. The maximum absolute atomic E-state index is 5.70. The minimum Gasteiger partial charge on any atom is -0.361 e. The summed E-state index contributed by atoms with van der Waals surface area (Å²) in [6.45, 7) is 3.78. The molecule has 0 radical (unpaired) electrons. The fourth-order valence-corrected chi connectivity index (χ4v) is 1.53. The molecule has 0 atom stereocenters. The summed E-state index contributed by atoms with van der Waals surface area (Å²) < 4.78 is 5.07. The Hall–Kier alpha value is -1.35. The first kappa shape index (κ1) is 9.21. The second-order valence-electron chi connectivity index (χ2n) is 3.07. The highest BCUT2D eigenvalue weighted by atomic mass is 35.5. The fraction of sp³-hybridized carbons (Fsp3) is 0.200. The van der Waals surface area contributed by atoms with E-state index in [1.807, 2.05) is 19.9 Å². The average molecular weight is 209 g/mol. The van der Waals surface area contributed by atoms with Crippen molar-refractivity contribution in [3.8, 4) is 11.1 Å². The molecule has 0 aliphatic carbocycles. The van der Waals surface area contributed by atoms with E-state index in [2.05, 4.69) is 10.1 Å². The molecule has 2 aromatic heterocycles. The van der Waals surface area contributed by atoms with Gasteiger partial charge in [-0.15, -0.1) is 0 Å². The van der Waals surface area contributed by atoms with Gasteiger partial charge in [-0.3, -0.25) is 0 Å². The second kappa shape index (κ2) is 3.42. The summed E-state index contributed by atoms with van der Waals surface area (Å²) in [6.07, 6.45) is 1.72. The van der Waals surface area contributed by atoms with Crippen LogP contribution < -0.4 is 0 Å². The molecule has 0 unspecified atom stereocenters. The van der Waals surface area contributed by atoms with Crippen LogP contribution in [-0.2, 0) is 0 Å². The third kappa shape index (κ3) is 1.51. The van der Waals surface area contributed by atoms with Gasteiger partial charge in [0.1, 0.15) is 10.9 Å². The van der Waals surface area contributed by atoms with Crippen LogP contribution in [0.3, 0.4) is 0 Å². The summed E-state index contributed by atoms with van der Waals surface area (Å²) in [5, 5.41) is 4.37. The summed E-state index contributed by atoms with van der Waals surface area (Å²) in [6, 6.07) is 3.66. The van der Waals surface area contributed by atoms with Gasteiger partial charge in [0.25, 0.3) is 0 Å². The summed E-state index contributed by atoms with van der Waals surface area (Å²) >= 11 is 5.70. The van der Waals surface area contributed by atoms with Gasteiger partial charge in [0.15, 0.2) is 0 Å². The van der Waals surface area contributed by atoms with Gasteiger partial charge < -0.3 is 4.52 Å². The van der Waals surface area contributed by atoms with E-state index in [0.29, 0.717) is 5.15 Å². The van der Waals surface area contributed by atoms with Gasteiger partial charge in [0.05, 0.1) is 5.69 Å². The molecule has 72 valence electrons. The Morgan fingerprint density at radius 2 is 2.07 bits per heavy atom. The van der Waals surface area contributed by atoms with Crippen molar-refractivity contribution in [1.82, 2.24) is 10.1 Å². The van der Waals surface area contributed by atoms with Crippen molar-refractivity contribution in [3.05, 3.63) is 34.9 Å². The molecule has 2 aromatic rings. The van der Waals surface area contributed by atoms with E-state index < -0.39 is 0 Å². The second-order valence-corrected chi connectivity index (χ2v) is 3.46. The van der Waals surface area contributed by atoms with Crippen LogP contribution in [-0.4, -0.2) is 10.1 Å². The van der Waals surface area contributed by atoms with Gasteiger partial charge in [-0.25, -0.2) is 4.98 Å². The van der Waals surface area contributed by atoms with Crippen LogP contribution in [0.2, 0.25) is 5.15 Å². The molecule has 0 saturated heterocycles. The molecule has 14 heavy (non-hydrogen) atoms. The van der Waals surface area contributed by atoms with Gasteiger partial charge >= 0.3 is 0 Å². The zero-order valence-corrected chi connectivity index (χ0v) is 8.67. The largest absolute Gasteiger partial charge is 0.361 e. The molecule has 0 bridgehead atoms. The van der Waals surface area contributed by atoms with Crippen molar-refractivity contribution in [2.45, 2.75) is 13.8 Å². The molecule has 0 fully saturated rings. The molecule has 0 saturated carbocycles. The predicted octanol–water partition coefficient (Wildman–Crippen LogP) is 3.01. The first-order chi connectivity index (χ1) is 6.68. The lowest BCUT2D eigenvalue weighted by Crippen LogP contribution is -1.83. The predicted molar refractivity (Wildman–Crippen MR) is 54.2 cm³/mol. The number of rotatable bonds is 1. The number of hydrogen-bond acceptors (Lipinski definition) is 3. The highest BCUT2D eigenvalue weighted by Gasteiger charge is 2.10. The maximum atomic E-state index is 5.70. The van der Waals surface area contributed by atoms with E-state index in [1.165, 1.54) is 0 Å². The Kier molecular flexibility index (Phi) is 2.25. The smallest absolute Gasteiger partial charge is 0.141 e. The van der Waals surface area contributed by atoms with E-state index in [9.17, 15) is 0 Å². The van der Waals surface area contributed by atoms with E-state index in [1.54, 1.807) is 12.3 Å². The Morgan fingerprint density at radius 1 is 1.29 bits per heavy atom. The van der Waals surface area contributed by atoms with Crippen LogP contribution >= 0.6 is 11.6 Å². The van der Waals surface area contributed by atoms with Crippen LogP contribution in [0.5, 0.6) is 0 Å². The average Bonchev–Trinajstić information content (AvgIpc) is 2.49. The zero-order valence-electron chi connectivity index (χ0n) is 7.91. The highest BCUT2D eigenvalue weighted by molar-refractivity contribution is 6.29. The Bertz CT molecular complexity index is 428. The number of hydrogen-bond donors (Lipinski definition) is 0. The molecule has 2 heterocycles. The topological polar surface area (TPSA) is 38.9 Å². The van der Waals surface area contributed by atoms with E-state index >= 15 is 0 Å². The van der Waals surface area contributed by atoms with Crippen molar-refractivity contribution in [2.24, 2.45) is 0 Å². The summed E-state index contributed by atoms with van der Waals surface area (Å²) in [4.78, 5) is 4.01. The third-order valence-electron chi connectivity index (χ3n) is 2.05. The van der Waals surface area contributed by atoms with E-state index in [0.717, 1.165) is 22.6 Å². The van der Waals surface area contributed by atoms with Crippen molar-refractivity contribution in [2.75, 3.05) is 0 Å². The summed E-state index contributed by atoms with van der Waals surface area (Å²) in [5.74, 6) is 0.798. The molecule has 4 heteroatoms. The van der Waals surface area contributed by atoms with Crippen LogP contribution in [0.25, 0.3) is 11.1 Å². The minimum absolute atomic E-state index is 0.487. The number of nitrogens with zero attached hydrogens (tertiary/aromatic N) is 2. The number of aromatic nitrogens is 2. The lowest BCUT2D eigenvalue weighted by Gasteiger charge is -1.98. The Labute approximate surface area is 86.7 Å². The van der Waals surface area contributed by atoms with Crippen LogP contribution in [0.1, 0.15) is 11.5 Å². The van der Waals surface area contributed by atoms with Crippen molar-refractivity contribution < 1.29 is 4.52 Å². The van der Waals surface area contributed by atoms with Crippen molar-refractivity contribution in [3.63, 3.8) is 0 Å². The first-order valence-electron chi connectivity index (χ1n) is 4.23. The van der Waals surface area contributed by atoms with Gasteiger partial charge in [-0.2, -0.15) is 0 Å². The third-order valence-corrected chi connectivity index (χ3v) is 2.27. The molecular weight excluding hydrogens is 200 g/mol. The van der Waals surface area contributed by atoms with Crippen molar-refractivity contribution in [1.29, 1.82) is 0 Å². The molecular formula is C10H9ClN2O. The molecule has 0 spiro atoms. The number of aryl methyl sites for hydroxylation is 2. The zero-order chi connectivity index (χ0) is 10.1. The molecule has 0 aromatic carbocycles. The summed E-state index contributed by atoms with van der Waals surface area (Å²) in [5.41, 5.74) is 2.84. The quantitative estimate of drug-likeness (QED) is 0.677. The normalized spacial score (nSPS) is 10.5. The van der Waals surface area contributed by atoms with Crippen LogP contribution in [0, 0.1) is 13.8 Å². The van der Waals surface area contributed by atoms with E-state index in [4.69, 9.17) is 16.1 Å². The molecule has 0 aliphatic heterocycles. The number of halogens is 1. The first-order valence-corrected chi connectivity index (χ1v) is 4.61. The molecule has 0 amide bonds. The highest BCUT2D eigenvalue weighted by Crippen LogP contribution is 2.26. The maximum Gasteiger partial charge on any atom is 0.141 e. The lowest BCUT2D eigenvalue weighted by atomic mass is 10.1. The fourth-order valence-electron chi connectivity index (χ4n) is 1.42. The molecule has 3 nitrogen and oxygen atoms in total. The van der Waals surface area contributed by atoms with Crippen LogP contribution in [0.4, 0.5) is 0 Å². The van der Waals surface area contributed by atoms with Crippen molar-refractivity contribution >= 4 is 11.6 Å².